The van der Waals surface area contributed by atoms with Gasteiger partial charge >= 0.3 is 0 Å². The van der Waals surface area contributed by atoms with Crippen LogP contribution < -0.4 is 10.5 Å². The zero-order valence-electron chi connectivity index (χ0n) is 12.7. The summed E-state index contributed by atoms with van der Waals surface area (Å²) >= 11 is 0. The van der Waals surface area contributed by atoms with Crippen molar-refractivity contribution in [3.8, 4) is 17.0 Å². The Labute approximate surface area is 124 Å². The van der Waals surface area contributed by atoms with E-state index in [0.29, 0.717) is 17.1 Å². The summed E-state index contributed by atoms with van der Waals surface area (Å²) in [5.41, 5.74) is 8.98. The van der Waals surface area contributed by atoms with E-state index in [2.05, 4.69) is 12.0 Å². The quantitative estimate of drug-likeness (QED) is 0.829. The molecule has 0 aliphatic rings. The number of nitrogens with two attached hydrogens (primary N) is 1. The Hall–Kier alpha value is -2.30. The molecule has 5 heteroatoms. The normalized spacial score (nSPS) is 10.6. The first kappa shape index (κ1) is 15.1. The summed E-state index contributed by atoms with van der Waals surface area (Å²) in [6.07, 6.45) is 2.80. The molecular formula is C16H21N3O2. The summed E-state index contributed by atoms with van der Waals surface area (Å²) in [6, 6.07) is 5.73. The minimum Gasteiger partial charge on any atom is -0.496 e. The van der Waals surface area contributed by atoms with Gasteiger partial charge in [0.2, 0.25) is 0 Å². The number of carbonyl (C=O) groups excluding carboxylic acids is 1. The maximum absolute atomic E-state index is 11.4. The highest BCUT2D eigenvalue weighted by molar-refractivity contribution is 5.91. The molecule has 0 aliphatic heterocycles. The lowest BCUT2D eigenvalue weighted by Gasteiger charge is -2.06. The van der Waals surface area contributed by atoms with Gasteiger partial charge in [-0.25, -0.2) is 4.68 Å². The van der Waals surface area contributed by atoms with Crippen molar-refractivity contribution in [1.82, 2.24) is 9.78 Å². The molecule has 0 bridgehead atoms. The molecule has 2 aromatic rings. The number of aromatic nitrogens is 2. The standard InChI is InChI=1S/C16H21N3O2/c1-4-5-8-19-16(17)13(10-20)15(18-19)12-6-7-14(21-3)11(2)9-12/h6-7,9-10H,4-5,8,17H2,1-3H3. The zero-order valence-corrected chi connectivity index (χ0v) is 12.7. The molecule has 0 saturated carbocycles. The van der Waals surface area contributed by atoms with Crippen LogP contribution in [0.4, 0.5) is 5.82 Å². The van der Waals surface area contributed by atoms with Crippen molar-refractivity contribution in [1.29, 1.82) is 0 Å². The molecule has 0 spiro atoms. The van der Waals surface area contributed by atoms with E-state index in [0.717, 1.165) is 42.5 Å². The van der Waals surface area contributed by atoms with E-state index in [1.807, 2.05) is 25.1 Å². The first-order valence-corrected chi connectivity index (χ1v) is 7.08. The van der Waals surface area contributed by atoms with Crippen LogP contribution in [0.2, 0.25) is 0 Å². The van der Waals surface area contributed by atoms with Crippen LogP contribution in [0, 0.1) is 6.92 Å². The lowest BCUT2D eigenvalue weighted by Crippen LogP contribution is -2.05. The minimum atomic E-state index is 0.432. The van der Waals surface area contributed by atoms with E-state index < -0.39 is 0 Å². The molecule has 21 heavy (non-hydrogen) atoms. The summed E-state index contributed by atoms with van der Waals surface area (Å²) in [4.78, 5) is 11.4. The van der Waals surface area contributed by atoms with Gasteiger partial charge in [-0.3, -0.25) is 4.79 Å². The molecule has 5 nitrogen and oxygen atoms in total. The lowest BCUT2D eigenvalue weighted by atomic mass is 10.1. The van der Waals surface area contributed by atoms with Crippen LogP contribution in [0.15, 0.2) is 18.2 Å². The van der Waals surface area contributed by atoms with Crippen LogP contribution in [-0.4, -0.2) is 23.2 Å². The molecule has 0 radical (unpaired) electrons. The fourth-order valence-corrected chi connectivity index (χ4v) is 2.32. The number of anilines is 1. The Morgan fingerprint density at radius 1 is 1.43 bits per heavy atom. The van der Waals surface area contributed by atoms with Crippen molar-refractivity contribution in [3.63, 3.8) is 0 Å². The summed E-state index contributed by atoms with van der Waals surface area (Å²) in [7, 11) is 1.64. The molecule has 0 unspecified atom stereocenters. The number of nitrogen functional groups attached to an aromatic ring is 1. The van der Waals surface area contributed by atoms with E-state index >= 15 is 0 Å². The van der Waals surface area contributed by atoms with Gasteiger partial charge in [-0.1, -0.05) is 13.3 Å². The molecule has 0 fully saturated rings. The van der Waals surface area contributed by atoms with Gasteiger partial charge < -0.3 is 10.5 Å². The number of hydrogen-bond acceptors (Lipinski definition) is 4. The molecule has 0 atom stereocenters. The molecule has 2 N–H and O–H groups in total. The second kappa shape index (κ2) is 6.43. The van der Waals surface area contributed by atoms with Crippen LogP contribution in [0.25, 0.3) is 11.3 Å². The van der Waals surface area contributed by atoms with Crippen LogP contribution in [0.5, 0.6) is 5.75 Å². The van der Waals surface area contributed by atoms with E-state index in [1.165, 1.54) is 0 Å². The third-order valence-corrected chi connectivity index (χ3v) is 3.54. The van der Waals surface area contributed by atoms with Crippen molar-refractivity contribution >= 4 is 12.1 Å². The summed E-state index contributed by atoms with van der Waals surface area (Å²) in [6.45, 7) is 4.78. The predicted molar refractivity (Wildman–Crippen MR) is 83.7 cm³/mol. The van der Waals surface area contributed by atoms with E-state index in [1.54, 1.807) is 11.8 Å². The molecule has 112 valence electrons. The highest BCUT2D eigenvalue weighted by Crippen LogP contribution is 2.29. The van der Waals surface area contributed by atoms with Crippen LogP contribution in [0.3, 0.4) is 0 Å². The Bertz CT molecular complexity index is 647. The number of aryl methyl sites for hydroxylation is 2. The minimum absolute atomic E-state index is 0.432. The summed E-state index contributed by atoms with van der Waals surface area (Å²) in [5, 5.41) is 4.50. The average molecular weight is 287 g/mol. The monoisotopic (exact) mass is 287 g/mol. The first-order chi connectivity index (χ1) is 10.1. The van der Waals surface area contributed by atoms with Gasteiger partial charge in [-0.2, -0.15) is 5.10 Å². The number of ether oxygens (including phenoxy) is 1. The van der Waals surface area contributed by atoms with Crippen molar-refractivity contribution in [2.24, 2.45) is 0 Å². The van der Waals surface area contributed by atoms with Gasteiger partial charge in [0.1, 0.15) is 17.3 Å². The maximum Gasteiger partial charge on any atom is 0.156 e. The Morgan fingerprint density at radius 3 is 2.76 bits per heavy atom. The summed E-state index contributed by atoms with van der Waals surface area (Å²) < 4.78 is 6.97. The van der Waals surface area contributed by atoms with E-state index in [9.17, 15) is 4.79 Å². The van der Waals surface area contributed by atoms with Crippen LogP contribution in [-0.2, 0) is 6.54 Å². The molecule has 2 rings (SSSR count). The maximum atomic E-state index is 11.4. The fourth-order valence-electron chi connectivity index (χ4n) is 2.32. The molecule has 1 heterocycles. The smallest absolute Gasteiger partial charge is 0.156 e. The van der Waals surface area contributed by atoms with Crippen molar-refractivity contribution in [3.05, 3.63) is 29.3 Å². The van der Waals surface area contributed by atoms with Gasteiger partial charge in [0.05, 0.1) is 12.7 Å². The number of rotatable bonds is 6. The van der Waals surface area contributed by atoms with Gasteiger partial charge in [0, 0.05) is 12.1 Å². The van der Waals surface area contributed by atoms with Crippen LogP contribution in [0.1, 0.15) is 35.7 Å². The Morgan fingerprint density at radius 2 is 2.19 bits per heavy atom. The van der Waals surface area contributed by atoms with Gasteiger partial charge in [0.15, 0.2) is 6.29 Å². The van der Waals surface area contributed by atoms with E-state index in [4.69, 9.17) is 10.5 Å². The molecule has 1 aromatic carbocycles. The number of hydrogen-bond donors (Lipinski definition) is 1. The number of unbranched alkanes of at least 4 members (excludes halogenated alkanes) is 1. The zero-order chi connectivity index (χ0) is 15.4. The molecule has 0 amide bonds. The number of nitrogens with zero attached hydrogens (tertiary/aromatic N) is 2. The Balaban J connectivity index is 2.47. The molecular weight excluding hydrogens is 266 g/mol. The largest absolute Gasteiger partial charge is 0.496 e. The summed E-state index contributed by atoms with van der Waals surface area (Å²) in [5.74, 6) is 1.24. The SMILES string of the molecule is CCCCn1nc(-c2ccc(OC)c(C)c2)c(C=O)c1N. The molecule has 0 saturated heterocycles. The van der Waals surface area contributed by atoms with Crippen molar-refractivity contribution < 1.29 is 9.53 Å². The van der Waals surface area contributed by atoms with Crippen LogP contribution >= 0.6 is 0 Å². The number of benzene rings is 1. The molecule has 0 aliphatic carbocycles. The fraction of sp³-hybridized carbons (Fsp3) is 0.375. The van der Waals surface area contributed by atoms with Gasteiger partial charge in [-0.05, 0) is 37.1 Å². The third-order valence-electron chi connectivity index (χ3n) is 3.54. The average Bonchev–Trinajstić information content (AvgIpc) is 2.81. The highest BCUT2D eigenvalue weighted by Gasteiger charge is 2.17. The number of carbonyl (C=O) groups is 1. The number of aldehydes is 1. The third kappa shape index (κ3) is 2.91. The van der Waals surface area contributed by atoms with Crippen molar-refractivity contribution in [2.75, 3.05) is 12.8 Å². The molecule has 1 aromatic heterocycles. The first-order valence-electron chi connectivity index (χ1n) is 7.08. The second-order valence-electron chi connectivity index (χ2n) is 5.03. The number of methoxy groups -OCH3 is 1. The lowest BCUT2D eigenvalue weighted by molar-refractivity contribution is 0.112. The topological polar surface area (TPSA) is 70.1 Å². The van der Waals surface area contributed by atoms with Crippen molar-refractivity contribution in [2.45, 2.75) is 33.2 Å². The second-order valence-corrected chi connectivity index (χ2v) is 5.03. The highest BCUT2D eigenvalue weighted by atomic mass is 16.5. The Kier molecular flexibility index (Phi) is 4.62. The van der Waals surface area contributed by atoms with Gasteiger partial charge in [-0.15, -0.1) is 0 Å². The predicted octanol–water partition coefficient (Wildman–Crippen LogP) is 3.06. The van der Waals surface area contributed by atoms with E-state index in [-0.39, 0.29) is 0 Å². The van der Waals surface area contributed by atoms with Gasteiger partial charge in [0.25, 0.3) is 0 Å².